The molecule has 0 saturated carbocycles. The monoisotopic (exact) mass is 310 g/mol. The first-order valence-corrected chi connectivity index (χ1v) is 7.98. The third-order valence-electron chi connectivity index (χ3n) is 2.67. The van der Waals surface area contributed by atoms with E-state index in [1.807, 2.05) is 0 Å². The maximum absolute atomic E-state index is 2.31. The van der Waals surface area contributed by atoms with Crippen LogP contribution in [-0.4, -0.2) is 29.0 Å². The van der Waals surface area contributed by atoms with Gasteiger partial charge in [-0.2, -0.15) is 0 Å². The minimum atomic E-state index is 0.577. The molecule has 0 radical (unpaired) electrons. The van der Waals surface area contributed by atoms with Gasteiger partial charge >= 0.3 is 93.2 Å². The molecule has 2 aromatic carbocycles. The second kappa shape index (κ2) is 2.53. The van der Waals surface area contributed by atoms with Gasteiger partial charge < -0.3 is 0 Å². The molecule has 0 aliphatic rings. The average molecular weight is 308 g/mol. The van der Waals surface area contributed by atoms with Crippen LogP contribution in [-0.2, 0) is 0 Å². The zero-order valence-electron chi connectivity index (χ0n) is 7.28. The van der Waals surface area contributed by atoms with Crippen molar-refractivity contribution in [2.24, 2.45) is 0 Å². The number of hydrogen-bond acceptors (Lipinski definition) is 0. The molecule has 0 bridgehead atoms. The molecule has 0 saturated heterocycles. The van der Waals surface area contributed by atoms with Gasteiger partial charge in [0.25, 0.3) is 0 Å². The second-order valence-corrected chi connectivity index (χ2v) is 8.01. The van der Waals surface area contributed by atoms with Gasteiger partial charge in [0.2, 0.25) is 0 Å². The zero-order valence-corrected chi connectivity index (χ0v) is 10.7. The Kier molecular flexibility index (Phi) is 1.40. The van der Waals surface area contributed by atoms with Crippen LogP contribution in [0, 0.1) is 0 Å². The summed E-state index contributed by atoms with van der Waals surface area (Å²) in [4.78, 5) is 0. The third kappa shape index (κ3) is 0.809. The van der Waals surface area contributed by atoms with Crippen molar-refractivity contribution in [3.05, 3.63) is 36.4 Å². The standard InChI is InChI=1S/C12H6Se2/c1-3-7-11-8(4-1)14-10-6-2-5-9(13-7)12(10)11/h1-6H. The Labute approximate surface area is 93.0 Å². The maximum atomic E-state index is 2.31. The van der Waals surface area contributed by atoms with Crippen molar-refractivity contribution in [3.63, 3.8) is 0 Å². The quantitative estimate of drug-likeness (QED) is 0.438. The van der Waals surface area contributed by atoms with Gasteiger partial charge in [-0.05, 0) is 0 Å². The fraction of sp³-hybridized carbons (Fsp3) is 0. The van der Waals surface area contributed by atoms with Crippen LogP contribution in [0.15, 0.2) is 36.4 Å². The molecular weight excluding hydrogens is 302 g/mol. The van der Waals surface area contributed by atoms with E-state index in [0.29, 0.717) is 29.0 Å². The van der Waals surface area contributed by atoms with E-state index in [-0.39, 0.29) is 0 Å². The molecule has 66 valence electrons. The predicted molar refractivity (Wildman–Crippen MR) is 64.0 cm³/mol. The molecule has 0 amide bonds. The zero-order chi connectivity index (χ0) is 9.12. The summed E-state index contributed by atoms with van der Waals surface area (Å²) in [5, 5.41) is 3.22. The van der Waals surface area contributed by atoms with E-state index in [2.05, 4.69) is 36.4 Å². The molecule has 0 atom stereocenters. The Bertz CT molecular complexity index is 614. The molecule has 0 N–H and O–H groups in total. The molecule has 0 unspecified atom stereocenters. The summed E-state index contributed by atoms with van der Waals surface area (Å²) < 4.78 is 6.43. The molecule has 0 fully saturated rings. The predicted octanol–water partition coefficient (Wildman–Crippen LogP) is 2.70. The van der Waals surface area contributed by atoms with Crippen molar-refractivity contribution in [3.8, 4) is 0 Å². The van der Waals surface area contributed by atoms with Crippen molar-refractivity contribution in [2.45, 2.75) is 0 Å². The van der Waals surface area contributed by atoms with Crippen LogP contribution in [0.1, 0.15) is 0 Å². The van der Waals surface area contributed by atoms with Crippen molar-refractivity contribution in [1.82, 2.24) is 0 Å². The third-order valence-corrected chi connectivity index (χ3v) is 7.37. The van der Waals surface area contributed by atoms with Gasteiger partial charge in [0.15, 0.2) is 0 Å². The number of hydrogen-bond donors (Lipinski definition) is 0. The van der Waals surface area contributed by atoms with Crippen molar-refractivity contribution >= 4 is 56.8 Å². The van der Waals surface area contributed by atoms with Crippen LogP contribution in [0.3, 0.4) is 0 Å². The van der Waals surface area contributed by atoms with Gasteiger partial charge in [-0.1, -0.05) is 0 Å². The van der Waals surface area contributed by atoms with Gasteiger partial charge in [0, 0.05) is 0 Å². The summed E-state index contributed by atoms with van der Waals surface area (Å²) in [5.41, 5.74) is 0. The molecule has 0 aliphatic carbocycles. The normalized spacial score (nSPS) is 12.3. The molecule has 0 nitrogen and oxygen atoms in total. The fourth-order valence-electron chi connectivity index (χ4n) is 2.09. The summed E-state index contributed by atoms with van der Waals surface area (Å²) in [5.74, 6) is 0. The molecule has 0 spiro atoms. The SMILES string of the molecule is c1cc2[se]c3cccc4[se]c(c1)c2c34. The number of benzene rings is 2. The van der Waals surface area contributed by atoms with E-state index in [9.17, 15) is 0 Å². The van der Waals surface area contributed by atoms with Gasteiger partial charge in [-0.25, -0.2) is 0 Å². The molecule has 4 rings (SSSR count). The van der Waals surface area contributed by atoms with Crippen LogP contribution in [0.4, 0.5) is 0 Å². The molecular formula is C12H6Se2. The van der Waals surface area contributed by atoms with Gasteiger partial charge in [-0.3, -0.25) is 0 Å². The molecule has 0 aliphatic heterocycles. The van der Waals surface area contributed by atoms with Gasteiger partial charge in [0.1, 0.15) is 0 Å². The van der Waals surface area contributed by atoms with Gasteiger partial charge in [0.05, 0.1) is 0 Å². The first kappa shape index (κ1) is 7.73. The Morgan fingerprint density at radius 1 is 0.571 bits per heavy atom. The summed E-state index contributed by atoms with van der Waals surface area (Å²) in [6.07, 6.45) is 0. The number of rotatable bonds is 0. The summed E-state index contributed by atoms with van der Waals surface area (Å²) >= 11 is 1.15. The van der Waals surface area contributed by atoms with Crippen LogP contribution >= 0.6 is 0 Å². The first-order valence-electron chi connectivity index (χ1n) is 4.55. The summed E-state index contributed by atoms with van der Waals surface area (Å²) in [6, 6.07) is 13.7. The molecule has 14 heavy (non-hydrogen) atoms. The van der Waals surface area contributed by atoms with E-state index >= 15 is 0 Å². The van der Waals surface area contributed by atoms with E-state index in [1.54, 1.807) is 27.8 Å². The summed E-state index contributed by atoms with van der Waals surface area (Å²) in [7, 11) is 0. The average Bonchev–Trinajstić information content (AvgIpc) is 2.74. The molecule has 2 heteroatoms. The van der Waals surface area contributed by atoms with Crippen LogP contribution in [0.2, 0.25) is 0 Å². The molecule has 2 heterocycles. The Hall–Kier alpha value is -0.521. The topological polar surface area (TPSA) is 0 Å². The summed E-state index contributed by atoms with van der Waals surface area (Å²) in [6.45, 7) is 0. The Balaban J connectivity index is 2.59. The fourth-order valence-corrected chi connectivity index (χ4v) is 7.61. The van der Waals surface area contributed by atoms with Crippen molar-refractivity contribution in [1.29, 1.82) is 0 Å². The van der Waals surface area contributed by atoms with Crippen molar-refractivity contribution < 1.29 is 0 Å². The Morgan fingerprint density at radius 2 is 0.929 bits per heavy atom. The van der Waals surface area contributed by atoms with E-state index in [0.717, 1.165) is 0 Å². The first-order chi connectivity index (χ1) is 6.93. The van der Waals surface area contributed by atoms with Gasteiger partial charge in [-0.15, -0.1) is 0 Å². The van der Waals surface area contributed by atoms with E-state index in [1.165, 1.54) is 0 Å². The second-order valence-electron chi connectivity index (χ2n) is 3.46. The molecule has 4 aromatic rings. The van der Waals surface area contributed by atoms with E-state index in [4.69, 9.17) is 0 Å². The van der Waals surface area contributed by atoms with Crippen LogP contribution in [0.25, 0.3) is 27.8 Å². The van der Waals surface area contributed by atoms with Crippen LogP contribution in [0.5, 0.6) is 0 Å². The van der Waals surface area contributed by atoms with E-state index < -0.39 is 0 Å². The molecule has 2 aromatic heterocycles. The Morgan fingerprint density at radius 3 is 1.29 bits per heavy atom. The minimum absolute atomic E-state index is 0.577. The van der Waals surface area contributed by atoms with Crippen molar-refractivity contribution in [2.75, 3.05) is 0 Å². The van der Waals surface area contributed by atoms with Crippen LogP contribution < -0.4 is 0 Å².